The van der Waals surface area contributed by atoms with Crippen LogP contribution in [0.5, 0.6) is 5.75 Å². The summed E-state index contributed by atoms with van der Waals surface area (Å²) in [5.74, 6) is -0.476. The van der Waals surface area contributed by atoms with Crippen LogP contribution in [-0.2, 0) is 11.2 Å². The summed E-state index contributed by atoms with van der Waals surface area (Å²) in [5, 5.41) is 6.67. The van der Waals surface area contributed by atoms with E-state index >= 15 is 0 Å². The molecule has 0 saturated heterocycles. The zero-order valence-electron chi connectivity index (χ0n) is 21.7. The number of aromatic amines is 1. The first kappa shape index (κ1) is 25.6. The quantitative estimate of drug-likeness (QED) is 0.191. The molecule has 0 aliphatic carbocycles. The van der Waals surface area contributed by atoms with E-state index in [0.717, 1.165) is 38.5 Å². The Hall–Kier alpha value is -5.06. The van der Waals surface area contributed by atoms with E-state index in [1.165, 1.54) is 0 Å². The maximum Gasteiger partial charge on any atom is 0.262 e. The van der Waals surface area contributed by atoms with Crippen molar-refractivity contribution >= 4 is 40.5 Å². The summed E-state index contributed by atoms with van der Waals surface area (Å²) in [7, 11) is 1.62. The predicted molar refractivity (Wildman–Crippen MR) is 146 cm³/mol. The van der Waals surface area contributed by atoms with E-state index in [9.17, 15) is 14.4 Å². The lowest BCUT2D eigenvalue weighted by Gasteiger charge is -2.15. The molecule has 2 aromatic carbocycles. The molecule has 11 nitrogen and oxygen atoms in total. The van der Waals surface area contributed by atoms with Gasteiger partial charge in [0.15, 0.2) is 0 Å². The van der Waals surface area contributed by atoms with Crippen LogP contribution in [0.1, 0.15) is 37.7 Å². The number of aliphatic imine (C=N–C) groups is 1. The molecule has 4 aromatic rings. The molecule has 0 saturated carbocycles. The molecule has 0 bridgehead atoms. The molecule has 3 amide bonds. The van der Waals surface area contributed by atoms with E-state index in [1.807, 2.05) is 44.3 Å². The lowest BCUT2D eigenvalue weighted by molar-refractivity contribution is -0.120. The predicted octanol–water partition coefficient (Wildman–Crippen LogP) is 3.01. The minimum atomic E-state index is -0.586. The smallest absolute Gasteiger partial charge is 0.262 e. The summed E-state index contributed by atoms with van der Waals surface area (Å²) in [4.78, 5) is 55.8. The topological polar surface area (TPSA) is 142 Å². The number of H-pyrrole nitrogens is 1. The average Bonchev–Trinajstić information content (AvgIpc) is 3.42. The van der Waals surface area contributed by atoms with Crippen LogP contribution in [-0.4, -0.2) is 63.7 Å². The fraction of sp³-hybridized carbons (Fsp3) is 0.214. The van der Waals surface area contributed by atoms with Crippen LogP contribution in [0.3, 0.4) is 0 Å². The Bertz CT molecular complexity index is 1570. The van der Waals surface area contributed by atoms with Crippen LogP contribution in [0.25, 0.3) is 10.9 Å². The molecule has 3 heterocycles. The maximum atomic E-state index is 13.0. The summed E-state index contributed by atoms with van der Waals surface area (Å²) in [5.41, 5.74) is 4.06. The van der Waals surface area contributed by atoms with E-state index in [2.05, 4.69) is 30.6 Å². The number of benzene rings is 2. The van der Waals surface area contributed by atoms with Gasteiger partial charge in [0.25, 0.3) is 11.8 Å². The van der Waals surface area contributed by atoms with Crippen molar-refractivity contribution in [2.45, 2.75) is 20.3 Å². The van der Waals surface area contributed by atoms with Gasteiger partial charge in [-0.05, 0) is 62.2 Å². The second-order valence-electron chi connectivity index (χ2n) is 9.10. The Balaban J connectivity index is 1.33. The normalized spacial score (nSPS) is 13.1. The minimum Gasteiger partial charge on any atom is -0.497 e. The molecule has 5 rings (SSSR count). The van der Waals surface area contributed by atoms with Gasteiger partial charge < -0.3 is 9.72 Å². The third-order valence-electron chi connectivity index (χ3n) is 6.28. The Kier molecular flexibility index (Phi) is 7.04. The minimum absolute atomic E-state index is 0.110. The zero-order chi connectivity index (χ0) is 27.5. The lowest BCUT2D eigenvalue weighted by Crippen LogP contribution is -2.44. The van der Waals surface area contributed by atoms with Crippen molar-refractivity contribution in [1.29, 1.82) is 0 Å². The van der Waals surface area contributed by atoms with Crippen molar-refractivity contribution in [2.75, 3.05) is 25.5 Å². The lowest BCUT2D eigenvalue weighted by atomic mass is 10.1. The van der Waals surface area contributed by atoms with E-state index in [-0.39, 0.29) is 23.0 Å². The van der Waals surface area contributed by atoms with Crippen molar-refractivity contribution < 1.29 is 19.1 Å². The van der Waals surface area contributed by atoms with Gasteiger partial charge in [0, 0.05) is 35.0 Å². The first-order valence-electron chi connectivity index (χ1n) is 12.3. The molecule has 0 spiro atoms. The third kappa shape index (κ3) is 5.47. The number of rotatable bonds is 7. The number of nitrogens with zero attached hydrogens (tertiary/aromatic N) is 4. The highest BCUT2D eigenvalue weighted by Crippen LogP contribution is 2.24. The second-order valence-corrected chi connectivity index (χ2v) is 9.10. The van der Waals surface area contributed by atoms with Crippen molar-refractivity contribution in [2.24, 2.45) is 4.99 Å². The van der Waals surface area contributed by atoms with Crippen LogP contribution in [0.4, 0.5) is 5.95 Å². The number of nitrogens with one attached hydrogen (secondary N) is 3. The van der Waals surface area contributed by atoms with E-state index in [0.29, 0.717) is 13.0 Å². The standard InChI is InChI=1S/C28H27N7O4/c1-16-12-17(2)32-28(31-16)34-27(29-11-10-18-14-30-23-9-8-19(39-3)13-22(18)23)33-24(36)15-35-25(37)20-6-4-5-7-21(20)26(35)38/h4-9,12-14,30H,10-11,15H2,1-3H3,(H2,29,31,32,33,34,36). The highest BCUT2D eigenvalue weighted by atomic mass is 16.5. The fourth-order valence-corrected chi connectivity index (χ4v) is 4.48. The van der Waals surface area contributed by atoms with Gasteiger partial charge >= 0.3 is 0 Å². The molecule has 0 atom stereocenters. The van der Waals surface area contributed by atoms with Crippen molar-refractivity contribution in [3.8, 4) is 5.75 Å². The number of methoxy groups -OCH3 is 1. The van der Waals surface area contributed by atoms with E-state index in [4.69, 9.17) is 4.74 Å². The fourth-order valence-electron chi connectivity index (χ4n) is 4.48. The molecule has 3 N–H and O–H groups in total. The van der Waals surface area contributed by atoms with Gasteiger partial charge in [-0.3, -0.25) is 34.9 Å². The van der Waals surface area contributed by atoms with Crippen LogP contribution < -0.4 is 15.4 Å². The molecular formula is C28H27N7O4. The summed E-state index contributed by atoms with van der Waals surface area (Å²) in [6, 6.07) is 14.1. The molecule has 2 aromatic heterocycles. The molecule has 11 heteroatoms. The average molecular weight is 526 g/mol. The first-order chi connectivity index (χ1) is 18.8. The molecule has 0 unspecified atom stereocenters. The molecule has 0 radical (unpaired) electrons. The maximum absolute atomic E-state index is 13.0. The number of carbonyl (C=O) groups is 3. The summed E-state index contributed by atoms with van der Waals surface area (Å²) in [6.07, 6.45) is 2.49. The molecule has 0 fully saturated rings. The van der Waals surface area contributed by atoms with Gasteiger partial charge in [-0.25, -0.2) is 9.97 Å². The Morgan fingerprint density at radius 3 is 2.38 bits per heavy atom. The number of hydrogen-bond acceptors (Lipinski definition) is 7. The van der Waals surface area contributed by atoms with Gasteiger partial charge in [0.1, 0.15) is 12.3 Å². The van der Waals surface area contributed by atoms with Gasteiger partial charge in [0.05, 0.1) is 18.2 Å². The highest BCUT2D eigenvalue weighted by Gasteiger charge is 2.36. The number of aromatic nitrogens is 3. The Labute approximate surface area is 224 Å². The SMILES string of the molecule is COc1ccc2[nH]cc(CCN=C(NC(=O)CN3C(=O)c4ccccc4C3=O)Nc3nc(C)cc(C)n3)c2c1. The van der Waals surface area contributed by atoms with Gasteiger partial charge in [-0.2, -0.15) is 0 Å². The monoisotopic (exact) mass is 525 g/mol. The number of amides is 3. The van der Waals surface area contributed by atoms with Crippen molar-refractivity contribution in [3.63, 3.8) is 0 Å². The van der Waals surface area contributed by atoms with E-state index in [1.54, 1.807) is 31.4 Å². The van der Waals surface area contributed by atoms with Crippen LogP contribution in [0.15, 0.2) is 59.7 Å². The third-order valence-corrected chi connectivity index (χ3v) is 6.28. The van der Waals surface area contributed by atoms with Gasteiger partial charge in [0.2, 0.25) is 17.8 Å². The molecule has 198 valence electrons. The van der Waals surface area contributed by atoms with Crippen molar-refractivity contribution in [3.05, 3.63) is 82.8 Å². The van der Waals surface area contributed by atoms with Gasteiger partial charge in [-0.15, -0.1) is 0 Å². The van der Waals surface area contributed by atoms with Crippen LogP contribution >= 0.6 is 0 Å². The molecule has 1 aliphatic rings. The summed E-state index contributed by atoms with van der Waals surface area (Å²) >= 11 is 0. The molecular weight excluding hydrogens is 498 g/mol. The summed E-state index contributed by atoms with van der Waals surface area (Å²) in [6.45, 7) is 3.54. The van der Waals surface area contributed by atoms with Gasteiger partial charge in [-0.1, -0.05) is 12.1 Å². The number of ether oxygens (including phenoxy) is 1. The molecule has 1 aliphatic heterocycles. The largest absolute Gasteiger partial charge is 0.497 e. The first-order valence-corrected chi connectivity index (χ1v) is 12.3. The van der Waals surface area contributed by atoms with Crippen LogP contribution in [0, 0.1) is 13.8 Å². The van der Waals surface area contributed by atoms with E-state index < -0.39 is 24.3 Å². The van der Waals surface area contributed by atoms with Crippen LogP contribution in [0.2, 0.25) is 0 Å². The number of hydrogen-bond donors (Lipinski definition) is 3. The number of carbonyl (C=O) groups excluding carboxylic acids is 3. The Morgan fingerprint density at radius 1 is 1.03 bits per heavy atom. The number of imide groups is 1. The van der Waals surface area contributed by atoms with Crippen molar-refractivity contribution in [1.82, 2.24) is 25.2 Å². The summed E-state index contributed by atoms with van der Waals surface area (Å²) < 4.78 is 5.34. The second kappa shape index (κ2) is 10.7. The number of fused-ring (bicyclic) bond motifs is 2. The molecule has 39 heavy (non-hydrogen) atoms. The Morgan fingerprint density at radius 2 is 1.72 bits per heavy atom. The zero-order valence-corrected chi connectivity index (χ0v) is 21.7. The number of guanidine groups is 1. The highest BCUT2D eigenvalue weighted by molar-refractivity contribution is 6.22. The number of anilines is 1. The number of aryl methyl sites for hydroxylation is 2.